The van der Waals surface area contributed by atoms with Crippen molar-refractivity contribution in [1.82, 2.24) is 15.0 Å². The van der Waals surface area contributed by atoms with Crippen molar-refractivity contribution >= 4 is 11.8 Å². The number of nitrogens with zero attached hydrogens (tertiary/aromatic N) is 2. The molecule has 156 valence electrons. The lowest BCUT2D eigenvalue weighted by atomic mass is 9.98. The highest BCUT2D eigenvalue weighted by atomic mass is 32.2. The molecule has 0 radical (unpaired) electrons. The Kier molecular flexibility index (Phi) is 5.41. The number of aromatic nitrogens is 3. The van der Waals surface area contributed by atoms with Gasteiger partial charge in [-0.25, -0.2) is 4.98 Å². The van der Waals surface area contributed by atoms with Crippen molar-refractivity contribution in [3.63, 3.8) is 0 Å². The third-order valence-corrected chi connectivity index (χ3v) is 6.99. The van der Waals surface area contributed by atoms with Crippen molar-refractivity contribution in [1.29, 1.82) is 0 Å². The van der Waals surface area contributed by atoms with Gasteiger partial charge in [-0.1, -0.05) is 50.2 Å². The predicted octanol–water partition coefficient (Wildman–Crippen LogP) is 7.28. The van der Waals surface area contributed by atoms with E-state index in [1.165, 1.54) is 40.2 Å². The number of rotatable bonds is 4. The van der Waals surface area contributed by atoms with Crippen LogP contribution in [0, 0.1) is 6.92 Å². The summed E-state index contributed by atoms with van der Waals surface area (Å²) in [7, 11) is 0. The molecule has 1 N–H and O–H groups in total. The lowest BCUT2D eigenvalue weighted by Crippen LogP contribution is -1.98. The van der Waals surface area contributed by atoms with Crippen LogP contribution >= 0.6 is 11.8 Å². The maximum absolute atomic E-state index is 4.99. The third-order valence-electron chi connectivity index (χ3n) is 5.79. The van der Waals surface area contributed by atoms with Crippen molar-refractivity contribution < 1.29 is 0 Å². The maximum atomic E-state index is 4.99. The van der Waals surface area contributed by atoms with Gasteiger partial charge in [0.25, 0.3) is 0 Å². The fourth-order valence-corrected chi connectivity index (χ4v) is 5.15. The molecule has 31 heavy (non-hydrogen) atoms. The zero-order valence-electron chi connectivity index (χ0n) is 18.3. The number of hydrogen-bond acceptors (Lipinski definition) is 3. The Morgan fingerprint density at radius 1 is 0.903 bits per heavy atom. The normalized spacial score (nSPS) is 13.4. The molecule has 0 bridgehead atoms. The van der Waals surface area contributed by atoms with Crippen LogP contribution in [0.1, 0.15) is 43.3 Å². The third kappa shape index (κ3) is 4.05. The minimum absolute atomic E-state index is 0.318. The van der Waals surface area contributed by atoms with E-state index in [1.807, 2.05) is 24.8 Å². The van der Waals surface area contributed by atoms with Crippen LogP contribution in [0.4, 0.5) is 0 Å². The van der Waals surface area contributed by atoms with Crippen molar-refractivity contribution in [3.8, 4) is 33.8 Å². The molecule has 0 saturated carbocycles. The maximum Gasteiger partial charge on any atom is 0.109 e. The van der Waals surface area contributed by atoms with E-state index in [0.717, 1.165) is 34.2 Å². The van der Waals surface area contributed by atoms with Gasteiger partial charge in [-0.3, -0.25) is 4.98 Å². The number of aryl methyl sites for hydroxylation is 2. The van der Waals surface area contributed by atoms with Gasteiger partial charge in [-0.15, -0.1) is 11.8 Å². The minimum Gasteiger partial charge on any atom is -0.340 e. The molecular weight excluding hydrogens is 398 g/mol. The Morgan fingerprint density at radius 3 is 2.55 bits per heavy atom. The summed E-state index contributed by atoms with van der Waals surface area (Å²) in [6.07, 6.45) is 2.44. The van der Waals surface area contributed by atoms with Gasteiger partial charge in [0.05, 0.1) is 17.1 Å². The molecule has 1 aliphatic rings. The molecule has 5 rings (SSSR count). The minimum atomic E-state index is 0.318. The number of thioether (sulfide) groups is 1. The highest BCUT2D eigenvalue weighted by molar-refractivity contribution is 7.99. The molecule has 0 fully saturated rings. The van der Waals surface area contributed by atoms with Crippen molar-refractivity contribution in [2.24, 2.45) is 0 Å². The van der Waals surface area contributed by atoms with Gasteiger partial charge in [0, 0.05) is 22.1 Å². The number of hydrogen-bond donors (Lipinski definition) is 1. The number of H-pyrrole nitrogens is 1. The fraction of sp³-hybridized carbons (Fsp3) is 0.259. The van der Waals surface area contributed by atoms with Crippen LogP contribution in [0.3, 0.4) is 0 Å². The molecule has 2 aromatic heterocycles. The summed E-state index contributed by atoms with van der Waals surface area (Å²) in [6, 6.07) is 21.8. The van der Waals surface area contributed by atoms with Gasteiger partial charge in [-0.2, -0.15) is 0 Å². The van der Waals surface area contributed by atoms with E-state index >= 15 is 0 Å². The molecule has 0 atom stereocenters. The van der Waals surface area contributed by atoms with Crippen molar-refractivity contribution in [3.05, 3.63) is 77.7 Å². The summed E-state index contributed by atoms with van der Waals surface area (Å²) in [5, 5.41) is 0. The molecule has 4 heteroatoms. The molecule has 3 nitrogen and oxygen atoms in total. The van der Waals surface area contributed by atoms with Crippen LogP contribution < -0.4 is 0 Å². The lowest BCUT2D eigenvalue weighted by Gasteiger charge is -2.16. The Morgan fingerprint density at radius 2 is 1.71 bits per heavy atom. The average Bonchev–Trinajstić information content (AvgIpc) is 3.25. The van der Waals surface area contributed by atoms with E-state index in [2.05, 4.69) is 73.4 Å². The summed E-state index contributed by atoms with van der Waals surface area (Å²) in [4.78, 5) is 14.7. The number of imidazole rings is 1. The van der Waals surface area contributed by atoms with E-state index in [4.69, 9.17) is 9.97 Å². The van der Waals surface area contributed by atoms with Gasteiger partial charge in [0.2, 0.25) is 0 Å². The number of nitrogens with one attached hydrogen (secondary N) is 1. The van der Waals surface area contributed by atoms with E-state index in [0.29, 0.717) is 5.92 Å². The summed E-state index contributed by atoms with van der Waals surface area (Å²) < 4.78 is 0. The van der Waals surface area contributed by atoms with Crippen LogP contribution in [-0.4, -0.2) is 20.7 Å². The zero-order chi connectivity index (χ0) is 21.4. The van der Waals surface area contributed by atoms with Gasteiger partial charge in [0.15, 0.2) is 0 Å². The van der Waals surface area contributed by atoms with Gasteiger partial charge >= 0.3 is 0 Å². The Hall–Kier alpha value is -2.85. The van der Waals surface area contributed by atoms with Crippen LogP contribution in [0.25, 0.3) is 33.8 Å². The SMILES string of the molecule is Cc1cccc(-c2[nH]c(C(C)C)nc2-c2cccc(-c3ccc4c(c3)CCCS4)c2)n1. The summed E-state index contributed by atoms with van der Waals surface area (Å²) >= 11 is 1.98. The van der Waals surface area contributed by atoms with Gasteiger partial charge in [0.1, 0.15) is 5.82 Å². The largest absolute Gasteiger partial charge is 0.340 e. The van der Waals surface area contributed by atoms with Crippen LogP contribution in [-0.2, 0) is 6.42 Å². The summed E-state index contributed by atoms with van der Waals surface area (Å²) in [5.74, 6) is 2.54. The van der Waals surface area contributed by atoms with E-state index in [-0.39, 0.29) is 0 Å². The average molecular weight is 426 g/mol. The first-order valence-corrected chi connectivity index (χ1v) is 12.0. The second-order valence-electron chi connectivity index (χ2n) is 8.52. The van der Waals surface area contributed by atoms with Crippen molar-refractivity contribution in [2.75, 3.05) is 5.75 Å². The predicted molar refractivity (Wildman–Crippen MR) is 131 cm³/mol. The number of fused-ring (bicyclic) bond motifs is 1. The summed E-state index contributed by atoms with van der Waals surface area (Å²) in [5.41, 5.74) is 9.00. The second kappa shape index (κ2) is 8.35. The first-order valence-electron chi connectivity index (χ1n) is 11.0. The van der Waals surface area contributed by atoms with Crippen LogP contribution in [0.5, 0.6) is 0 Å². The van der Waals surface area contributed by atoms with Crippen LogP contribution in [0.2, 0.25) is 0 Å². The molecule has 4 aromatic rings. The fourth-order valence-electron chi connectivity index (χ4n) is 4.13. The lowest BCUT2D eigenvalue weighted by molar-refractivity contribution is 0.795. The first-order chi connectivity index (χ1) is 15.1. The number of pyridine rings is 1. The Balaban J connectivity index is 1.60. The topological polar surface area (TPSA) is 41.6 Å². The van der Waals surface area contributed by atoms with Crippen LogP contribution in [0.15, 0.2) is 65.6 Å². The summed E-state index contributed by atoms with van der Waals surface area (Å²) in [6.45, 7) is 6.35. The quantitative estimate of drug-likeness (QED) is 0.374. The smallest absolute Gasteiger partial charge is 0.109 e. The second-order valence-corrected chi connectivity index (χ2v) is 9.66. The van der Waals surface area contributed by atoms with E-state index in [1.54, 1.807) is 0 Å². The molecule has 0 amide bonds. The highest BCUT2D eigenvalue weighted by Gasteiger charge is 2.18. The zero-order valence-corrected chi connectivity index (χ0v) is 19.1. The number of aromatic amines is 1. The monoisotopic (exact) mass is 425 g/mol. The number of benzene rings is 2. The molecule has 3 heterocycles. The molecule has 0 saturated heterocycles. The molecule has 2 aromatic carbocycles. The molecule has 1 aliphatic heterocycles. The van der Waals surface area contributed by atoms with Gasteiger partial charge in [-0.05, 0) is 66.5 Å². The Bertz CT molecular complexity index is 1240. The molecule has 0 aliphatic carbocycles. The van der Waals surface area contributed by atoms with E-state index < -0.39 is 0 Å². The highest BCUT2D eigenvalue weighted by Crippen LogP contribution is 2.36. The van der Waals surface area contributed by atoms with E-state index in [9.17, 15) is 0 Å². The van der Waals surface area contributed by atoms with Crippen molar-refractivity contribution in [2.45, 2.75) is 44.4 Å². The molecular formula is C27H27N3S. The first kappa shape index (κ1) is 20.1. The standard InChI is InChI=1S/C27H27N3S/c1-17(2)27-29-25(26(30-27)23-11-4-7-18(3)28-23)22-9-5-8-19(16-22)20-12-13-24-21(15-20)10-6-14-31-24/h4-5,7-9,11-13,15-17H,6,10,14H2,1-3H3,(H,29,30). The molecule has 0 unspecified atom stereocenters. The Labute approximate surface area is 188 Å². The molecule has 0 spiro atoms. The van der Waals surface area contributed by atoms with Gasteiger partial charge < -0.3 is 4.98 Å².